The Morgan fingerprint density at radius 1 is 0.594 bits per heavy atom. The smallest absolute Gasteiger partial charge is 0.215 e. The Bertz CT molecular complexity index is 961. The second-order valence-corrected chi connectivity index (χ2v) is 8.58. The van der Waals surface area contributed by atoms with Gasteiger partial charge in [0.05, 0.1) is 11.4 Å². The van der Waals surface area contributed by atoms with E-state index in [0.29, 0.717) is 5.56 Å². The number of nitrogens with zero attached hydrogens (tertiary/aromatic N) is 6. The van der Waals surface area contributed by atoms with Gasteiger partial charge in [-0.1, -0.05) is 12.1 Å². The molecule has 4 aromatic heterocycles. The molecule has 8 heteroatoms. The molecule has 0 aliphatic carbocycles. The van der Waals surface area contributed by atoms with Crippen LogP contribution in [0.3, 0.4) is 0 Å². The SMILES string of the molecule is Cc1ccc(C)c(F)n1.Cc1ccc(C)nc1.Cc1ccc(C)nn1.Cc1nnc(C)s1. The van der Waals surface area contributed by atoms with Gasteiger partial charge in [-0.05, 0) is 85.2 Å². The summed E-state index contributed by atoms with van der Waals surface area (Å²) in [6, 6.07) is 11.5. The number of halogens is 1. The van der Waals surface area contributed by atoms with Crippen LogP contribution in [0.15, 0.2) is 42.6 Å². The lowest BCUT2D eigenvalue weighted by molar-refractivity contribution is 0.571. The molecule has 0 amide bonds. The maximum Gasteiger partial charge on any atom is 0.215 e. The number of hydrogen-bond donors (Lipinski definition) is 0. The molecule has 170 valence electrons. The average Bonchev–Trinajstić information content (AvgIpc) is 3.13. The quantitative estimate of drug-likeness (QED) is 0.313. The zero-order valence-corrected chi connectivity index (χ0v) is 20.8. The van der Waals surface area contributed by atoms with Crippen LogP contribution in [-0.4, -0.2) is 30.4 Å². The molecule has 4 rings (SSSR count). The Labute approximate surface area is 194 Å². The van der Waals surface area contributed by atoms with Gasteiger partial charge in [-0.2, -0.15) is 14.6 Å². The molecule has 0 aliphatic heterocycles. The highest BCUT2D eigenvalue weighted by molar-refractivity contribution is 7.11. The van der Waals surface area contributed by atoms with E-state index in [-0.39, 0.29) is 5.95 Å². The molecular formula is C24H31FN6S. The van der Waals surface area contributed by atoms with E-state index in [1.807, 2.05) is 65.9 Å². The Balaban J connectivity index is 0.000000214. The van der Waals surface area contributed by atoms with Crippen LogP contribution in [-0.2, 0) is 0 Å². The van der Waals surface area contributed by atoms with Crippen molar-refractivity contribution in [3.05, 3.63) is 92.5 Å². The highest BCUT2D eigenvalue weighted by atomic mass is 32.1. The van der Waals surface area contributed by atoms with Crippen LogP contribution in [0, 0.1) is 61.3 Å². The monoisotopic (exact) mass is 454 g/mol. The van der Waals surface area contributed by atoms with Gasteiger partial charge in [-0.15, -0.1) is 21.5 Å². The van der Waals surface area contributed by atoms with E-state index in [0.717, 1.165) is 32.8 Å². The summed E-state index contributed by atoms with van der Waals surface area (Å²) in [6.07, 6.45) is 1.87. The zero-order chi connectivity index (χ0) is 24.1. The van der Waals surface area contributed by atoms with E-state index >= 15 is 0 Å². The van der Waals surface area contributed by atoms with Gasteiger partial charge >= 0.3 is 0 Å². The highest BCUT2D eigenvalue weighted by Gasteiger charge is 1.95. The molecule has 0 bridgehead atoms. The third-order valence-electron chi connectivity index (χ3n) is 3.79. The molecule has 0 saturated heterocycles. The summed E-state index contributed by atoms with van der Waals surface area (Å²) in [5.74, 6) is -0.366. The van der Waals surface area contributed by atoms with Crippen LogP contribution >= 0.6 is 11.3 Å². The molecule has 4 heterocycles. The van der Waals surface area contributed by atoms with Crippen LogP contribution in [0.25, 0.3) is 0 Å². The highest BCUT2D eigenvalue weighted by Crippen LogP contribution is 2.04. The summed E-state index contributed by atoms with van der Waals surface area (Å²) in [5, 5.41) is 17.3. The Morgan fingerprint density at radius 2 is 1.09 bits per heavy atom. The second-order valence-electron chi connectivity index (χ2n) is 7.19. The molecule has 0 unspecified atom stereocenters. The molecule has 0 spiro atoms. The first-order chi connectivity index (χ1) is 15.1. The Hall–Kier alpha value is -3.13. The third kappa shape index (κ3) is 11.9. The van der Waals surface area contributed by atoms with Gasteiger partial charge in [-0.25, -0.2) is 4.98 Å². The van der Waals surface area contributed by atoms with Crippen molar-refractivity contribution in [3.63, 3.8) is 0 Å². The summed E-state index contributed by atoms with van der Waals surface area (Å²) >= 11 is 1.62. The molecule has 0 aliphatic rings. The number of pyridine rings is 2. The van der Waals surface area contributed by atoms with Crippen molar-refractivity contribution in [2.75, 3.05) is 0 Å². The summed E-state index contributed by atoms with van der Waals surface area (Å²) in [7, 11) is 0. The molecular weight excluding hydrogens is 423 g/mol. The fraction of sp³-hybridized carbons (Fsp3) is 0.333. The summed E-state index contributed by atoms with van der Waals surface area (Å²) in [5.41, 5.74) is 5.55. The standard InChI is InChI=1S/C7H8FN.C7H9N.C6H8N2.C4H6N2S/c1-5-3-4-6(2)9-7(5)8;1-6-3-4-7(2)8-5-6;1-5-3-4-6(2)8-7-5;1-3-5-6-4(2)7-3/h3-4H,1-2H3;3-5H,1-2H3;3-4H,1-2H3;1-2H3. The van der Waals surface area contributed by atoms with E-state index in [2.05, 4.69) is 36.4 Å². The van der Waals surface area contributed by atoms with Gasteiger partial charge in [0.25, 0.3) is 0 Å². The summed E-state index contributed by atoms with van der Waals surface area (Å²) in [4.78, 5) is 7.69. The maximum absolute atomic E-state index is 12.5. The molecule has 0 saturated carbocycles. The summed E-state index contributed by atoms with van der Waals surface area (Å²) < 4.78 is 12.5. The first kappa shape index (κ1) is 26.9. The van der Waals surface area contributed by atoms with Crippen molar-refractivity contribution < 1.29 is 4.39 Å². The van der Waals surface area contributed by atoms with Crippen LogP contribution in [0.4, 0.5) is 4.39 Å². The number of aromatic nitrogens is 6. The van der Waals surface area contributed by atoms with Crippen molar-refractivity contribution in [1.29, 1.82) is 0 Å². The second kappa shape index (κ2) is 14.0. The van der Waals surface area contributed by atoms with Gasteiger partial charge in [0, 0.05) is 23.1 Å². The van der Waals surface area contributed by atoms with Gasteiger partial charge < -0.3 is 0 Å². The zero-order valence-electron chi connectivity index (χ0n) is 20.0. The number of hydrogen-bond acceptors (Lipinski definition) is 7. The van der Waals surface area contributed by atoms with Crippen LogP contribution in [0.2, 0.25) is 0 Å². The van der Waals surface area contributed by atoms with E-state index in [1.54, 1.807) is 37.3 Å². The normalized spacial score (nSPS) is 9.41. The predicted molar refractivity (Wildman–Crippen MR) is 128 cm³/mol. The third-order valence-corrected chi connectivity index (χ3v) is 4.55. The molecule has 0 N–H and O–H groups in total. The molecule has 4 aromatic rings. The lowest BCUT2D eigenvalue weighted by atomic mass is 10.3. The average molecular weight is 455 g/mol. The minimum Gasteiger partial charge on any atom is -0.261 e. The lowest BCUT2D eigenvalue weighted by Gasteiger charge is -1.93. The number of rotatable bonds is 0. The largest absolute Gasteiger partial charge is 0.261 e. The summed E-state index contributed by atoms with van der Waals surface area (Å²) in [6.45, 7) is 15.2. The molecule has 0 aromatic carbocycles. The topological polar surface area (TPSA) is 77.3 Å². The molecule has 6 nitrogen and oxygen atoms in total. The molecule has 0 fully saturated rings. The fourth-order valence-corrected chi connectivity index (χ4v) is 2.59. The van der Waals surface area contributed by atoms with Crippen molar-refractivity contribution in [3.8, 4) is 0 Å². The first-order valence-corrected chi connectivity index (χ1v) is 10.9. The van der Waals surface area contributed by atoms with Crippen molar-refractivity contribution in [1.82, 2.24) is 30.4 Å². The minimum absolute atomic E-state index is 0.366. The fourth-order valence-electron chi connectivity index (χ4n) is 2.00. The Morgan fingerprint density at radius 3 is 1.41 bits per heavy atom. The van der Waals surface area contributed by atoms with Gasteiger partial charge in [0.15, 0.2) is 0 Å². The van der Waals surface area contributed by atoms with Crippen LogP contribution in [0.1, 0.15) is 43.9 Å². The van der Waals surface area contributed by atoms with Crippen molar-refractivity contribution in [2.24, 2.45) is 0 Å². The predicted octanol–water partition coefficient (Wildman–Crippen LogP) is 5.78. The van der Waals surface area contributed by atoms with E-state index in [1.165, 1.54) is 5.56 Å². The van der Waals surface area contributed by atoms with Crippen LogP contribution in [0.5, 0.6) is 0 Å². The lowest BCUT2D eigenvalue weighted by Crippen LogP contribution is -1.88. The molecule has 32 heavy (non-hydrogen) atoms. The molecule has 0 radical (unpaired) electrons. The van der Waals surface area contributed by atoms with Crippen LogP contribution < -0.4 is 0 Å². The van der Waals surface area contributed by atoms with Crippen molar-refractivity contribution >= 4 is 11.3 Å². The van der Waals surface area contributed by atoms with E-state index < -0.39 is 0 Å². The van der Waals surface area contributed by atoms with Crippen molar-refractivity contribution in [2.45, 2.75) is 55.4 Å². The van der Waals surface area contributed by atoms with E-state index in [4.69, 9.17) is 0 Å². The maximum atomic E-state index is 12.5. The molecule has 0 atom stereocenters. The van der Waals surface area contributed by atoms with Gasteiger partial charge in [-0.3, -0.25) is 4.98 Å². The first-order valence-electron chi connectivity index (χ1n) is 10.1. The van der Waals surface area contributed by atoms with Gasteiger partial charge in [0.2, 0.25) is 5.95 Å². The number of aryl methyl sites for hydroxylation is 8. The Kier molecular flexibility index (Phi) is 11.8. The van der Waals surface area contributed by atoms with Gasteiger partial charge in [0.1, 0.15) is 10.0 Å². The van der Waals surface area contributed by atoms with E-state index in [9.17, 15) is 4.39 Å². The minimum atomic E-state index is -0.366.